The van der Waals surface area contributed by atoms with Gasteiger partial charge in [-0.2, -0.15) is 8.78 Å². The number of carbonyl (C=O) groups excluding carboxylic acids is 1. The Bertz CT molecular complexity index is 1100. The topological polar surface area (TPSA) is 87.1 Å². The number of alkyl halides is 2. The molecule has 0 saturated heterocycles. The lowest BCUT2D eigenvalue weighted by molar-refractivity contribution is -0.115. The fourth-order valence-electron chi connectivity index (χ4n) is 2.98. The molecule has 7 nitrogen and oxygen atoms in total. The number of hydrogen-bond donors (Lipinski definition) is 3. The lowest BCUT2D eigenvalue weighted by atomic mass is 10.2. The molecule has 0 aromatic heterocycles. The summed E-state index contributed by atoms with van der Waals surface area (Å²) in [5, 5.41) is 8.51. The van der Waals surface area contributed by atoms with Crippen molar-refractivity contribution < 1.29 is 18.3 Å². The summed E-state index contributed by atoms with van der Waals surface area (Å²) in [6.07, 6.45) is -1.05. The predicted octanol–water partition coefficient (Wildman–Crippen LogP) is 4.71. The fourth-order valence-corrected chi connectivity index (χ4v) is 4.17. The van der Waals surface area contributed by atoms with Crippen molar-refractivity contribution in [1.29, 1.82) is 0 Å². The molecule has 4 rings (SSSR count). The minimum atomic E-state index is -3.31. The van der Waals surface area contributed by atoms with E-state index in [-0.39, 0.29) is 17.1 Å². The first kappa shape index (κ1) is 21.4. The minimum absolute atomic E-state index is 0.000279. The first-order valence-electron chi connectivity index (χ1n) is 9.24. The first-order valence-corrected chi connectivity index (χ1v) is 10.5. The number of fused-ring (bicyclic) bond motifs is 1. The zero-order valence-electron chi connectivity index (χ0n) is 16.4. The zero-order chi connectivity index (χ0) is 22.2. The van der Waals surface area contributed by atoms with Crippen molar-refractivity contribution >= 4 is 58.5 Å². The van der Waals surface area contributed by atoms with Gasteiger partial charge in [0.25, 0.3) is 0 Å². The van der Waals surface area contributed by atoms with E-state index in [1.807, 2.05) is 0 Å². The molecule has 0 spiro atoms. The number of rotatable bonds is 4. The second-order valence-corrected chi connectivity index (χ2v) is 8.66. The third-order valence-corrected chi connectivity index (χ3v) is 6.07. The first-order chi connectivity index (χ1) is 14.7. The van der Waals surface area contributed by atoms with E-state index in [2.05, 4.69) is 25.9 Å². The SMILES string of the molecule is COc1ccc(NC2=NC(Nc3ccc4c(c3)NC(=O)C(C)S4)C(F)(F)C=N2)cc1Cl. The Morgan fingerprint density at radius 2 is 2.00 bits per heavy atom. The molecule has 2 aliphatic rings. The van der Waals surface area contributed by atoms with Gasteiger partial charge < -0.3 is 20.7 Å². The normalized spacial score (nSPS) is 21.6. The largest absolute Gasteiger partial charge is 0.495 e. The van der Waals surface area contributed by atoms with E-state index in [1.54, 1.807) is 43.3 Å². The van der Waals surface area contributed by atoms with Gasteiger partial charge in [-0.05, 0) is 43.3 Å². The van der Waals surface area contributed by atoms with Gasteiger partial charge in [0.1, 0.15) is 5.75 Å². The number of nitrogens with zero attached hydrogens (tertiary/aromatic N) is 2. The van der Waals surface area contributed by atoms with Crippen molar-refractivity contribution in [2.45, 2.75) is 29.2 Å². The maximum atomic E-state index is 14.4. The van der Waals surface area contributed by atoms with Crippen LogP contribution in [0.15, 0.2) is 51.3 Å². The van der Waals surface area contributed by atoms with Crippen LogP contribution in [0.3, 0.4) is 0 Å². The Morgan fingerprint density at radius 1 is 1.23 bits per heavy atom. The zero-order valence-corrected chi connectivity index (χ0v) is 18.0. The quantitative estimate of drug-likeness (QED) is 0.609. The molecule has 2 aromatic carbocycles. The minimum Gasteiger partial charge on any atom is -0.495 e. The molecule has 2 heterocycles. The van der Waals surface area contributed by atoms with Gasteiger partial charge in [0, 0.05) is 16.3 Å². The number of guanidine groups is 1. The van der Waals surface area contributed by atoms with Gasteiger partial charge in [0.15, 0.2) is 6.17 Å². The van der Waals surface area contributed by atoms with Crippen LogP contribution in [0.4, 0.5) is 25.8 Å². The summed E-state index contributed by atoms with van der Waals surface area (Å²) >= 11 is 7.51. The second kappa shape index (κ2) is 8.35. The average molecular weight is 466 g/mol. The molecule has 0 saturated carbocycles. The highest BCUT2D eigenvalue weighted by molar-refractivity contribution is 8.00. The van der Waals surface area contributed by atoms with Crippen LogP contribution in [0.2, 0.25) is 5.02 Å². The monoisotopic (exact) mass is 465 g/mol. The number of methoxy groups -OCH3 is 1. The lowest BCUT2D eigenvalue weighted by Gasteiger charge is -2.27. The van der Waals surface area contributed by atoms with E-state index in [9.17, 15) is 13.6 Å². The summed E-state index contributed by atoms with van der Waals surface area (Å²) in [6, 6.07) is 9.95. The van der Waals surface area contributed by atoms with Crippen LogP contribution in [0.25, 0.3) is 0 Å². The molecule has 3 N–H and O–H groups in total. The molecule has 162 valence electrons. The molecule has 0 aliphatic carbocycles. The Kier molecular flexibility index (Phi) is 5.76. The number of anilines is 3. The molecule has 2 atom stereocenters. The van der Waals surface area contributed by atoms with Gasteiger partial charge in [0.05, 0.1) is 29.3 Å². The third-order valence-electron chi connectivity index (χ3n) is 4.60. The van der Waals surface area contributed by atoms with Gasteiger partial charge in [-0.3, -0.25) is 4.79 Å². The highest BCUT2D eigenvalue weighted by Crippen LogP contribution is 2.37. The summed E-state index contributed by atoms with van der Waals surface area (Å²) < 4.78 is 33.9. The number of halogens is 3. The van der Waals surface area contributed by atoms with E-state index in [0.717, 1.165) is 4.90 Å². The van der Waals surface area contributed by atoms with E-state index in [1.165, 1.54) is 18.9 Å². The smallest absolute Gasteiger partial charge is 0.322 e. The van der Waals surface area contributed by atoms with Crippen molar-refractivity contribution in [3.63, 3.8) is 0 Å². The molecule has 2 aliphatic heterocycles. The van der Waals surface area contributed by atoms with Crippen molar-refractivity contribution in [2.75, 3.05) is 23.1 Å². The van der Waals surface area contributed by atoms with Crippen molar-refractivity contribution in [2.24, 2.45) is 9.98 Å². The van der Waals surface area contributed by atoms with Crippen LogP contribution in [-0.2, 0) is 4.79 Å². The lowest BCUT2D eigenvalue weighted by Crippen LogP contribution is -2.43. The van der Waals surface area contributed by atoms with Crippen molar-refractivity contribution in [3.8, 4) is 5.75 Å². The fraction of sp³-hybridized carbons (Fsp3) is 0.250. The molecular weight excluding hydrogens is 448 g/mol. The predicted molar refractivity (Wildman–Crippen MR) is 120 cm³/mol. The van der Waals surface area contributed by atoms with E-state index in [4.69, 9.17) is 16.3 Å². The van der Waals surface area contributed by atoms with Crippen LogP contribution in [0.1, 0.15) is 6.92 Å². The number of ether oxygens (including phenoxy) is 1. The molecule has 0 fully saturated rings. The van der Waals surface area contributed by atoms with E-state index < -0.39 is 12.1 Å². The van der Waals surface area contributed by atoms with E-state index >= 15 is 0 Å². The number of nitrogens with one attached hydrogen (secondary N) is 3. The molecule has 0 radical (unpaired) electrons. The van der Waals surface area contributed by atoms with Crippen molar-refractivity contribution in [1.82, 2.24) is 0 Å². The van der Waals surface area contributed by atoms with Crippen molar-refractivity contribution in [3.05, 3.63) is 41.4 Å². The van der Waals surface area contributed by atoms with Gasteiger partial charge in [0.2, 0.25) is 11.9 Å². The summed E-state index contributed by atoms with van der Waals surface area (Å²) in [5.41, 5.74) is 1.49. The number of benzene rings is 2. The van der Waals surface area contributed by atoms with Crippen LogP contribution >= 0.6 is 23.4 Å². The summed E-state index contributed by atoms with van der Waals surface area (Å²) in [4.78, 5) is 20.5. The van der Waals surface area contributed by atoms with Gasteiger partial charge >= 0.3 is 5.92 Å². The number of aliphatic imine (C=N–C) groups is 2. The molecule has 2 aromatic rings. The Hall–Kier alpha value is -2.85. The number of hydrogen-bond acceptors (Lipinski definition) is 7. The van der Waals surface area contributed by atoms with Crippen LogP contribution in [-0.4, -0.2) is 42.5 Å². The van der Waals surface area contributed by atoms with Gasteiger partial charge in [-0.1, -0.05) is 11.6 Å². The summed E-state index contributed by atoms with van der Waals surface area (Å²) in [7, 11) is 1.49. The van der Waals surface area contributed by atoms with Crippen LogP contribution in [0, 0.1) is 0 Å². The Balaban J connectivity index is 1.54. The highest BCUT2D eigenvalue weighted by Gasteiger charge is 2.41. The Morgan fingerprint density at radius 3 is 2.74 bits per heavy atom. The molecule has 11 heteroatoms. The molecule has 1 amide bonds. The second-order valence-electron chi connectivity index (χ2n) is 6.87. The average Bonchev–Trinajstić information content (AvgIpc) is 2.72. The summed E-state index contributed by atoms with van der Waals surface area (Å²) in [5.74, 6) is -2.96. The summed E-state index contributed by atoms with van der Waals surface area (Å²) in [6.45, 7) is 1.80. The molecule has 2 unspecified atom stereocenters. The van der Waals surface area contributed by atoms with Crippen LogP contribution in [0.5, 0.6) is 5.75 Å². The maximum absolute atomic E-state index is 14.4. The molecule has 31 heavy (non-hydrogen) atoms. The van der Waals surface area contributed by atoms with Crippen LogP contribution < -0.4 is 20.7 Å². The number of thioether (sulfide) groups is 1. The number of carbonyl (C=O) groups is 1. The van der Waals surface area contributed by atoms with Gasteiger partial charge in [-0.25, -0.2) is 9.98 Å². The Labute approximate surface area is 186 Å². The third kappa shape index (κ3) is 4.59. The van der Waals surface area contributed by atoms with E-state index in [0.29, 0.717) is 34.0 Å². The standard InChI is InChI=1S/C20H18ClF2N5O2S/c1-10-17(29)27-14-8-12(4-6-16(14)31-10)25-18-20(22,23)9-24-19(28-18)26-11-3-5-15(30-2)13(21)7-11/h3-10,18,25H,1-2H3,(H,26,28)(H,27,29). The number of amides is 1. The van der Waals surface area contributed by atoms with Gasteiger partial charge in [-0.15, -0.1) is 11.8 Å². The molecular formula is C20H18ClF2N5O2S. The molecule has 0 bridgehead atoms. The highest BCUT2D eigenvalue weighted by atomic mass is 35.5. The maximum Gasteiger partial charge on any atom is 0.322 e.